The number of hydrogen-bond acceptors (Lipinski definition) is 2. The maximum atomic E-state index is 14.0. The predicted molar refractivity (Wildman–Crippen MR) is 94.4 cm³/mol. The molecule has 1 amide bonds. The number of amidine groups is 1. The molecule has 1 aromatic rings. The molecule has 2 rings (SSSR count). The minimum absolute atomic E-state index is 0.352. The fourth-order valence-corrected chi connectivity index (χ4v) is 3.79. The van der Waals surface area contributed by atoms with Crippen molar-refractivity contribution in [1.29, 1.82) is 0 Å². The van der Waals surface area contributed by atoms with Crippen LogP contribution in [0.4, 0.5) is 14.5 Å². The molecule has 8 heteroatoms. The molecular formula is C14H13BrF2IN3O. The molecule has 0 N–H and O–H groups in total. The van der Waals surface area contributed by atoms with Crippen molar-refractivity contribution in [1.82, 2.24) is 3.11 Å². The van der Waals surface area contributed by atoms with Crippen LogP contribution in [-0.4, -0.2) is 32.4 Å². The Morgan fingerprint density at radius 1 is 1.45 bits per heavy atom. The normalized spacial score (nSPS) is 24.0. The van der Waals surface area contributed by atoms with E-state index in [1.807, 2.05) is 22.9 Å². The minimum atomic E-state index is -0.781. The van der Waals surface area contributed by atoms with E-state index in [2.05, 4.69) is 27.5 Å². The second-order valence-electron chi connectivity index (χ2n) is 4.57. The van der Waals surface area contributed by atoms with E-state index in [1.165, 1.54) is 6.07 Å². The molecule has 1 aliphatic heterocycles. The Kier molecular flexibility index (Phi) is 5.54. The number of alkyl halides is 1. The molecule has 1 saturated heterocycles. The lowest BCUT2D eigenvalue weighted by atomic mass is 10.1. The summed E-state index contributed by atoms with van der Waals surface area (Å²) in [5, 5.41) is 0. The van der Waals surface area contributed by atoms with Crippen LogP contribution in [0, 0.1) is 11.6 Å². The van der Waals surface area contributed by atoms with Crippen molar-refractivity contribution in [3.63, 3.8) is 0 Å². The Morgan fingerprint density at radius 2 is 2.05 bits per heavy atom. The van der Waals surface area contributed by atoms with E-state index in [4.69, 9.17) is 0 Å². The topological polar surface area (TPSA) is 35.9 Å². The number of rotatable bonds is 3. The Morgan fingerprint density at radius 3 is 2.59 bits per heavy atom. The van der Waals surface area contributed by atoms with Gasteiger partial charge in [-0.05, 0) is 19.1 Å². The second kappa shape index (κ2) is 7.03. The highest BCUT2D eigenvalue weighted by atomic mass is 127. The number of anilines is 1. The van der Waals surface area contributed by atoms with E-state index in [9.17, 15) is 13.6 Å². The van der Waals surface area contributed by atoms with Gasteiger partial charge in [-0.3, -0.25) is 17.8 Å². The number of carbonyl (C=O) groups excluding carboxylic acids is 1. The van der Waals surface area contributed by atoms with Gasteiger partial charge in [-0.1, -0.05) is 28.1 Å². The monoisotopic (exact) mass is 483 g/mol. The molecule has 4 nitrogen and oxygen atoms in total. The fourth-order valence-electron chi connectivity index (χ4n) is 2.14. The van der Waals surface area contributed by atoms with Gasteiger partial charge in [-0.25, -0.2) is 8.78 Å². The van der Waals surface area contributed by atoms with Crippen molar-refractivity contribution in [3.05, 3.63) is 42.5 Å². The highest BCUT2D eigenvalue weighted by Gasteiger charge is 2.43. The highest BCUT2D eigenvalue weighted by molar-refractivity contribution is 14.1. The summed E-state index contributed by atoms with van der Waals surface area (Å²) in [6, 6.07) is 3.51. The lowest BCUT2D eigenvalue weighted by molar-refractivity contribution is -0.118. The number of aliphatic imine (C=N–C) groups is 1. The molecule has 0 spiro atoms. The lowest BCUT2D eigenvalue weighted by Gasteiger charge is -2.42. The fraction of sp³-hybridized carbons (Fsp3) is 0.286. The van der Waals surface area contributed by atoms with Crippen LogP contribution in [0.2, 0.25) is 0 Å². The summed E-state index contributed by atoms with van der Waals surface area (Å²) in [6.07, 6.45) is 1.02. The second-order valence-corrected chi connectivity index (χ2v) is 6.53. The zero-order valence-corrected chi connectivity index (χ0v) is 15.4. The van der Waals surface area contributed by atoms with Gasteiger partial charge in [0.2, 0.25) is 5.91 Å². The predicted octanol–water partition coefficient (Wildman–Crippen LogP) is 3.66. The molecule has 0 saturated carbocycles. The van der Waals surface area contributed by atoms with E-state index >= 15 is 0 Å². The van der Waals surface area contributed by atoms with E-state index in [-0.39, 0.29) is 5.69 Å². The molecule has 0 radical (unpaired) electrons. The first kappa shape index (κ1) is 17.3. The molecule has 2 unspecified atom stereocenters. The molecule has 1 heterocycles. The number of nitrogens with zero attached hydrogens (tertiary/aromatic N) is 3. The van der Waals surface area contributed by atoms with Gasteiger partial charge >= 0.3 is 0 Å². The molecule has 0 aliphatic carbocycles. The Bertz CT molecular complexity index is 620. The number of hydrogen-bond donors (Lipinski definition) is 0. The maximum Gasteiger partial charge on any atom is 0.250 e. The van der Waals surface area contributed by atoms with Gasteiger partial charge in [0, 0.05) is 0 Å². The van der Waals surface area contributed by atoms with Gasteiger partial charge in [0.15, 0.2) is 4.83 Å². The third kappa shape index (κ3) is 3.03. The summed E-state index contributed by atoms with van der Waals surface area (Å²) >= 11 is 5.23. The van der Waals surface area contributed by atoms with Crippen molar-refractivity contribution in [2.45, 2.75) is 17.9 Å². The molecule has 1 fully saturated rings. The van der Waals surface area contributed by atoms with Crippen molar-refractivity contribution >= 4 is 56.2 Å². The van der Waals surface area contributed by atoms with Crippen LogP contribution < -0.4 is 4.90 Å². The molecule has 22 heavy (non-hydrogen) atoms. The summed E-state index contributed by atoms with van der Waals surface area (Å²) in [7, 11) is 0. The van der Waals surface area contributed by atoms with Gasteiger partial charge in [0.25, 0.3) is 0 Å². The summed E-state index contributed by atoms with van der Waals surface area (Å²) < 4.78 is 29.7. The van der Waals surface area contributed by atoms with Crippen LogP contribution in [-0.2, 0) is 4.79 Å². The van der Waals surface area contributed by atoms with Gasteiger partial charge in [-0.15, -0.1) is 6.58 Å². The van der Waals surface area contributed by atoms with Crippen molar-refractivity contribution in [2.75, 3.05) is 11.4 Å². The van der Waals surface area contributed by atoms with Gasteiger partial charge in [-0.2, -0.15) is 0 Å². The summed E-state index contributed by atoms with van der Waals surface area (Å²) in [5.74, 6) is -1.54. The molecule has 1 aliphatic rings. The summed E-state index contributed by atoms with van der Waals surface area (Å²) in [4.78, 5) is 17.2. The first-order valence-corrected chi connectivity index (χ1v) is 8.29. The van der Waals surface area contributed by atoms with Crippen molar-refractivity contribution in [2.24, 2.45) is 4.99 Å². The molecule has 118 valence electrons. The minimum Gasteiger partial charge on any atom is -0.284 e. The van der Waals surface area contributed by atoms with Gasteiger partial charge < -0.3 is 0 Å². The third-order valence-electron chi connectivity index (χ3n) is 3.16. The standard InChI is InChI=1S/C14H13BrF2IN3O/c1-3-7-19-13-11(15)14(22)20(8(2)21(13)18)12-9(16)5-4-6-10(12)17/h3-6,8,11H,1,7H2,2H3. The maximum absolute atomic E-state index is 14.0. The molecule has 0 aromatic heterocycles. The van der Waals surface area contributed by atoms with Gasteiger partial charge in [0.1, 0.15) is 29.3 Å². The number of carbonyl (C=O) groups is 1. The van der Waals surface area contributed by atoms with Crippen LogP contribution in [0.15, 0.2) is 35.8 Å². The quantitative estimate of drug-likeness (QED) is 0.285. The number of halogens is 4. The van der Waals surface area contributed by atoms with Gasteiger partial charge in [0.05, 0.1) is 29.4 Å². The van der Waals surface area contributed by atoms with Crippen LogP contribution in [0.1, 0.15) is 6.92 Å². The van der Waals surface area contributed by atoms with Crippen molar-refractivity contribution < 1.29 is 13.6 Å². The Balaban J connectivity index is 2.48. The molecule has 2 atom stereocenters. The van der Waals surface area contributed by atoms with E-state index in [0.717, 1.165) is 17.0 Å². The largest absolute Gasteiger partial charge is 0.284 e. The average molecular weight is 484 g/mol. The van der Waals surface area contributed by atoms with E-state index < -0.39 is 28.5 Å². The van der Waals surface area contributed by atoms with Crippen LogP contribution in [0.25, 0.3) is 0 Å². The first-order valence-electron chi connectivity index (χ1n) is 6.41. The third-order valence-corrected chi connectivity index (χ3v) is 5.26. The van der Waals surface area contributed by atoms with Crippen LogP contribution in [0.3, 0.4) is 0 Å². The summed E-state index contributed by atoms with van der Waals surface area (Å²) in [6.45, 7) is 5.61. The zero-order valence-electron chi connectivity index (χ0n) is 11.6. The highest BCUT2D eigenvalue weighted by Crippen LogP contribution is 2.33. The van der Waals surface area contributed by atoms with E-state index in [1.54, 1.807) is 16.1 Å². The average Bonchev–Trinajstić information content (AvgIpc) is 2.48. The zero-order chi connectivity index (χ0) is 16.4. The van der Waals surface area contributed by atoms with Crippen LogP contribution in [0.5, 0.6) is 0 Å². The SMILES string of the molecule is C=CCN=C1C(Br)C(=O)N(c2c(F)cccc2F)C(C)N1I. The summed E-state index contributed by atoms with van der Waals surface area (Å²) in [5.41, 5.74) is -0.353. The lowest BCUT2D eigenvalue weighted by Crippen LogP contribution is -2.60. The number of para-hydroxylation sites is 1. The van der Waals surface area contributed by atoms with Crippen LogP contribution >= 0.6 is 38.8 Å². The Hall–Kier alpha value is -1.03. The number of benzene rings is 1. The smallest absolute Gasteiger partial charge is 0.250 e. The van der Waals surface area contributed by atoms with Crippen molar-refractivity contribution in [3.8, 4) is 0 Å². The molecular weight excluding hydrogens is 471 g/mol. The molecule has 0 bridgehead atoms. The molecule has 1 aromatic carbocycles. The Labute approximate surface area is 149 Å². The number of amides is 1. The first-order chi connectivity index (χ1) is 10.4. The van der Waals surface area contributed by atoms with E-state index in [0.29, 0.717) is 12.4 Å².